The maximum absolute atomic E-state index is 11.9. The third-order valence-corrected chi connectivity index (χ3v) is 2.76. The normalized spacial score (nSPS) is 10.1. The second kappa shape index (κ2) is 6.01. The minimum Gasteiger partial charge on any atom is -0.481 e. The van der Waals surface area contributed by atoms with Crippen molar-refractivity contribution in [2.45, 2.75) is 13.5 Å². The van der Waals surface area contributed by atoms with Crippen LogP contribution in [0.3, 0.4) is 0 Å². The van der Waals surface area contributed by atoms with Gasteiger partial charge in [-0.1, -0.05) is 6.07 Å². The number of nitrogens with one attached hydrogen (secondary N) is 2. The summed E-state index contributed by atoms with van der Waals surface area (Å²) < 4.78 is 4.95. The van der Waals surface area contributed by atoms with Crippen LogP contribution < -0.4 is 15.6 Å². The van der Waals surface area contributed by atoms with E-state index in [1.807, 2.05) is 0 Å². The number of aromatic nitrogens is 2. The number of nitrogens with zero attached hydrogens (tertiary/aromatic N) is 1. The molecule has 0 saturated carbocycles. The number of H-pyrrole nitrogens is 1. The van der Waals surface area contributed by atoms with E-state index >= 15 is 0 Å². The Hall–Kier alpha value is -2.63. The van der Waals surface area contributed by atoms with E-state index in [-0.39, 0.29) is 5.56 Å². The molecular formula is C14H15N3O3. The summed E-state index contributed by atoms with van der Waals surface area (Å²) in [4.78, 5) is 30.2. The number of aromatic amines is 1. The van der Waals surface area contributed by atoms with E-state index in [1.165, 1.54) is 13.2 Å². The molecule has 0 atom stereocenters. The Bertz CT molecular complexity index is 662. The van der Waals surface area contributed by atoms with Gasteiger partial charge in [-0.25, -0.2) is 4.98 Å². The quantitative estimate of drug-likeness (QED) is 0.871. The molecule has 0 aliphatic carbocycles. The molecule has 2 heterocycles. The molecule has 0 aromatic carbocycles. The smallest absolute Gasteiger partial charge is 0.260 e. The zero-order valence-electron chi connectivity index (χ0n) is 11.3. The van der Waals surface area contributed by atoms with E-state index < -0.39 is 11.5 Å². The van der Waals surface area contributed by atoms with Crippen molar-refractivity contribution in [3.8, 4) is 5.88 Å². The lowest BCUT2D eigenvalue weighted by atomic mass is 10.2. The van der Waals surface area contributed by atoms with E-state index in [0.717, 1.165) is 5.56 Å². The Morgan fingerprint density at radius 1 is 1.35 bits per heavy atom. The number of hydrogen-bond donors (Lipinski definition) is 2. The van der Waals surface area contributed by atoms with Gasteiger partial charge in [0.05, 0.1) is 7.11 Å². The van der Waals surface area contributed by atoms with Crippen LogP contribution >= 0.6 is 0 Å². The van der Waals surface area contributed by atoms with Gasteiger partial charge in [0.25, 0.3) is 11.5 Å². The van der Waals surface area contributed by atoms with Gasteiger partial charge in [0.15, 0.2) is 0 Å². The molecule has 0 fully saturated rings. The van der Waals surface area contributed by atoms with Gasteiger partial charge in [-0.2, -0.15) is 0 Å². The number of ether oxygens (including phenoxy) is 1. The van der Waals surface area contributed by atoms with Crippen LogP contribution in [0.15, 0.2) is 35.3 Å². The summed E-state index contributed by atoms with van der Waals surface area (Å²) >= 11 is 0. The molecule has 0 bridgehead atoms. The van der Waals surface area contributed by atoms with Gasteiger partial charge in [-0.05, 0) is 24.6 Å². The second-order valence-electron chi connectivity index (χ2n) is 4.28. The summed E-state index contributed by atoms with van der Waals surface area (Å²) in [6.07, 6.45) is 1.61. The molecule has 0 unspecified atom stereocenters. The summed E-state index contributed by atoms with van der Waals surface area (Å²) in [5.74, 6) is 0.0946. The number of methoxy groups -OCH3 is 1. The van der Waals surface area contributed by atoms with Crippen LogP contribution in [-0.2, 0) is 6.54 Å². The van der Waals surface area contributed by atoms with Crippen molar-refractivity contribution in [1.29, 1.82) is 0 Å². The Kier molecular flexibility index (Phi) is 4.14. The van der Waals surface area contributed by atoms with Crippen LogP contribution in [0.4, 0.5) is 0 Å². The van der Waals surface area contributed by atoms with Crippen molar-refractivity contribution in [3.05, 3.63) is 57.6 Å². The Labute approximate surface area is 115 Å². The molecule has 0 spiro atoms. The van der Waals surface area contributed by atoms with Crippen molar-refractivity contribution in [3.63, 3.8) is 0 Å². The summed E-state index contributed by atoms with van der Waals surface area (Å²) in [6, 6.07) is 6.70. The average molecular weight is 273 g/mol. The first-order valence-electron chi connectivity index (χ1n) is 6.07. The first-order chi connectivity index (χ1) is 9.60. The fraction of sp³-hybridized carbons (Fsp3) is 0.214. The first-order valence-corrected chi connectivity index (χ1v) is 6.07. The summed E-state index contributed by atoms with van der Waals surface area (Å²) in [7, 11) is 1.54. The van der Waals surface area contributed by atoms with Gasteiger partial charge < -0.3 is 15.0 Å². The molecule has 2 aromatic rings. The monoisotopic (exact) mass is 273 g/mol. The molecule has 6 heteroatoms. The highest BCUT2D eigenvalue weighted by atomic mass is 16.5. The van der Waals surface area contributed by atoms with Gasteiger partial charge in [0.2, 0.25) is 5.88 Å². The minimum atomic E-state index is -0.415. The van der Waals surface area contributed by atoms with E-state index in [1.54, 1.807) is 31.3 Å². The van der Waals surface area contributed by atoms with Crippen molar-refractivity contribution >= 4 is 5.91 Å². The Morgan fingerprint density at radius 2 is 2.15 bits per heavy atom. The molecule has 0 saturated heterocycles. The molecule has 0 aliphatic rings. The maximum Gasteiger partial charge on any atom is 0.260 e. The highest BCUT2D eigenvalue weighted by molar-refractivity contribution is 5.93. The summed E-state index contributed by atoms with van der Waals surface area (Å²) in [5, 5.41) is 2.67. The van der Waals surface area contributed by atoms with Crippen LogP contribution in [0.2, 0.25) is 0 Å². The number of amides is 1. The maximum atomic E-state index is 11.9. The first kappa shape index (κ1) is 13.8. The topological polar surface area (TPSA) is 84.1 Å². The lowest BCUT2D eigenvalue weighted by molar-refractivity contribution is 0.0949. The highest BCUT2D eigenvalue weighted by Gasteiger charge is 2.09. The van der Waals surface area contributed by atoms with Crippen molar-refractivity contribution in [2.75, 3.05) is 7.11 Å². The number of carbonyl (C=O) groups excluding carboxylic acids is 1. The largest absolute Gasteiger partial charge is 0.481 e. The fourth-order valence-electron chi connectivity index (χ4n) is 1.66. The van der Waals surface area contributed by atoms with Gasteiger partial charge in [-0.15, -0.1) is 0 Å². The highest BCUT2D eigenvalue weighted by Crippen LogP contribution is 2.06. The lowest BCUT2D eigenvalue weighted by Crippen LogP contribution is -2.29. The molecule has 0 radical (unpaired) electrons. The Morgan fingerprint density at radius 3 is 2.75 bits per heavy atom. The molecule has 2 rings (SSSR count). The number of pyridine rings is 2. The molecule has 1 amide bonds. The molecule has 6 nitrogen and oxygen atoms in total. The molecule has 2 N–H and O–H groups in total. The van der Waals surface area contributed by atoms with Gasteiger partial charge in [-0.3, -0.25) is 9.59 Å². The summed E-state index contributed by atoms with van der Waals surface area (Å²) in [5.41, 5.74) is 1.24. The third kappa shape index (κ3) is 3.23. The molecule has 0 aliphatic heterocycles. The Balaban J connectivity index is 2.02. The van der Waals surface area contributed by atoms with Gasteiger partial charge in [0, 0.05) is 24.5 Å². The van der Waals surface area contributed by atoms with Crippen LogP contribution in [0.25, 0.3) is 0 Å². The average Bonchev–Trinajstić information content (AvgIpc) is 2.45. The predicted octanol–water partition coefficient (Wildman–Crippen LogP) is 1.02. The van der Waals surface area contributed by atoms with Crippen LogP contribution in [-0.4, -0.2) is 23.0 Å². The van der Waals surface area contributed by atoms with E-state index in [9.17, 15) is 9.59 Å². The van der Waals surface area contributed by atoms with E-state index in [2.05, 4.69) is 15.3 Å². The summed E-state index contributed by atoms with van der Waals surface area (Å²) in [6.45, 7) is 2.05. The number of rotatable bonds is 4. The number of carbonyl (C=O) groups is 1. The van der Waals surface area contributed by atoms with Crippen LogP contribution in [0.5, 0.6) is 5.88 Å². The molecule has 104 valence electrons. The molecule has 20 heavy (non-hydrogen) atoms. The molecule has 2 aromatic heterocycles. The van der Waals surface area contributed by atoms with Crippen LogP contribution in [0, 0.1) is 6.92 Å². The lowest BCUT2D eigenvalue weighted by Gasteiger charge is -2.05. The zero-order chi connectivity index (χ0) is 14.5. The van der Waals surface area contributed by atoms with Crippen LogP contribution in [0.1, 0.15) is 21.6 Å². The second-order valence-corrected chi connectivity index (χ2v) is 4.28. The van der Waals surface area contributed by atoms with Crippen molar-refractivity contribution in [2.24, 2.45) is 0 Å². The number of aryl methyl sites for hydroxylation is 1. The predicted molar refractivity (Wildman–Crippen MR) is 73.8 cm³/mol. The van der Waals surface area contributed by atoms with E-state index in [4.69, 9.17) is 4.74 Å². The SMILES string of the molecule is COc1ccc(CNC(=O)c2ccc(C)[nH]c2=O)cn1. The standard InChI is InChI=1S/C14H15N3O3/c1-9-3-5-11(14(19)17-9)13(18)16-8-10-4-6-12(20-2)15-7-10/h3-7H,8H2,1-2H3,(H,16,18)(H,17,19). The fourth-order valence-corrected chi connectivity index (χ4v) is 1.66. The third-order valence-electron chi connectivity index (χ3n) is 2.76. The van der Waals surface area contributed by atoms with Gasteiger partial charge >= 0.3 is 0 Å². The van der Waals surface area contributed by atoms with E-state index in [0.29, 0.717) is 18.1 Å². The molecular weight excluding hydrogens is 258 g/mol. The van der Waals surface area contributed by atoms with Crippen molar-refractivity contribution in [1.82, 2.24) is 15.3 Å². The zero-order valence-corrected chi connectivity index (χ0v) is 11.3. The van der Waals surface area contributed by atoms with Crippen molar-refractivity contribution < 1.29 is 9.53 Å². The minimum absolute atomic E-state index is 0.0945. The van der Waals surface area contributed by atoms with Gasteiger partial charge in [0.1, 0.15) is 5.56 Å². The number of hydrogen-bond acceptors (Lipinski definition) is 4.